The molecule has 0 spiro atoms. The average Bonchev–Trinajstić information content (AvgIpc) is 3.16. The number of hydrogen-bond donors (Lipinski definition) is 2. The van der Waals surface area contributed by atoms with Gasteiger partial charge in [0.05, 0.1) is 6.54 Å². The second-order valence-corrected chi connectivity index (χ2v) is 7.08. The predicted molar refractivity (Wildman–Crippen MR) is 85.8 cm³/mol. The van der Waals surface area contributed by atoms with Crippen LogP contribution >= 0.6 is 23.1 Å². The number of rotatable bonds is 8. The summed E-state index contributed by atoms with van der Waals surface area (Å²) in [6, 6.07) is 3.13. The lowest BCUT2D eigenvalue weighted by molar-refractivity contribution is -0.139. The summed E-state index contributed by atoms with van der Waals surface area (Å²) in [6.07, 6.45) is 4.37. The first-order valence-electron chi connectivity index (χ1n) is 6.93. The second-order valence-electron chi connectivity index (χ2n) is 5.06. The molecule has 0 bridgehead atoms. The van der Waals surface area contributed by atoms with Gasteiger partial charge in [-0.25, -0.2) is 9.59 Å². The Balaban J connectivity index is 1.95. The number of hydrogen-bond acceptors (Lipinski definition) is 4. The summed E-state index contributed by atoms with van der Waals surface area (Å²) in [5.41, 5.74) is 0. The molecule has 116 valence electrons. The lowest BCUT2D eigenvalue weighted by atomic mass is 10.2. The van der Waals surface area contributed by atoms with Crippen molar-refractivity contribution in [3.63, 3.8) is 0 Å². The summed E-state index contributed by atoms with van der Waals surface area (Å²) in [7, 11) is 0. The minimum absolute atomic E-state index is 0.252. The third kappa shape index (κ3) is 4.93. The van der Waals surface area contributed by atoms with E-state index in [0.717, 1.165) is 17.7 Å². The topological polar surface area (TPSA) is 69.6 Å². The van der Waals surface area contributed by atoms with E-state index in [2.05, 4.69) is 5.32 Å². The molecule has 1 aromatic rings. The van der Waals surface area contributed by atoms with Gasteiger partial charge in [0.2, 0.25) is 0 Å². The summed E-state index contributed by atoms with van der Waals surface area (Å²) in [5.74, 6) is -0.254. The number of nitrogens with zero attached hydrogens (tertiary/aromatic N) is 1. The Morgan fingerprint density at radius 3 is 2.86 bits per heavy atom. The van der Waals surface area contributed by atoms with E-state index in [1.54, 1.807) is 28.0 Å². The summed E-state index contributed by atoms with van der Waals surface area (Å²) < 4.78 is 0. The first-order valence-corrected chi connectivity index (χ1v) is 9.20. The van der Waals surface area contributed by atoms with E-state index >= 15 is 0 Å². The van der Waals surface area contributed by atoms with Crippen LogP contribution in [0.3, 0.4) is 0 Å². The molecule has 1 atom stereocenters. The molecule has 2 rings (SSSR count). The zero-order valence-electron chi connectivity index (χ0n) is 11.9. The molecule has 0 aromatic carbocycles. The average molecular weight is 328 g/mol. The van der Waals surface area contributed by atoms with Crippen molar-refractivity contribution in [3.05, 3.63) is 22.4 Å². The van der Waals surface area contributed by atoms with E-state index in [9.17, 15) is 14.7 Å². The van der Waals surface area contributed by atoms with E-state index in [0.29, 0.717) is 18.7 Å². The smallest absolute Gasteiger partial charge is 0.326 e. The maximum absolute atomic E-state index is 12.4. The van der Waals surface area contributed by atoms with Crippen LogP contribution in [0.15, 0.2) is 17.5 Å². The second kappa shape index (κ2) is 7.70. The molecule has 0 saturated heterocycles. The number of aliphatic carboxylic acids is 1. The van der Waals surface area contributed by atoms with Crippen LogP contribution in [-0.2, 0) is 11.3 Å². The Kier molecular flexibility index (Phi) is 5.93. The highest BCUT2D eigenvalue weighted by molar-refractivity contribution is 7.98. The van der Waals surface area contributed by atoms with Gasteiger partial charge in [-0.15, -0.1) is 11.3 Å². The van der Waals surface area contributed by atoms with E-state index in [1.165, 1.54) is 0 Å². The molecule has 0 aliphatic heterocycles. The first-order chi connectivity index (χ1) is 10.1. The normalized spacial score (nSPS) is 15.5. The van der Waals surface area contributed by atoms with Crippen LogP contribution < -0.4 is 5.32 Å². The number of amides is 2. The summed E-state index contributed by atoms with van der Waals surface area (Å²) in [6.45, 7) is 0.559. The number of urea groups is 1. The van der Waals surface area contributed by atoms with Gasteiger partial charge in [-0.3, -0.25) is 0 Å². The van der Waals surface area contributed by atoms with Crippen molar-refractivity contribution in [1.82, 2.24) is 10.2 Å². The molecule has 1 aliphatic carbocycles. The van der Waals surface area contributed by atoms with E-state index in [4.69, 9.17) is 0 Å². The lowest BCUT2D eigenvalue weighted by Crippen LogP contribution is -2.48. The van der Waals surface area contributed by atoms with Crippen molar-refractivity contribution in [2.24, 2.45) is 0 Å². The van der Waals surface area contributed by atoms with Gasteiger partial charge in [0, 0.05) is 10.9 Å². The molecule has 1 aliphatic rings. The standard InChI is InChI=1S/C14H20N2O3S2/c1-20-8-6-12(13(17)18)15-14(19)16(10-4-5-10)9-11-3-2-7-21-11/h2-3,7,10,12H,4-6,8-9H2,1H3,(H,15,19)(H,17,18)/t12-/m1/s1. The molecule has 7 heteroatoms. The number of carboxylic acids is 1. The molecule has 1 saturated carbocycles. The van der Waals surface area contributed by atoms with Crippen LogP contribution in [0, 0.1) is 0 Å². The molecule has 21 heavy (non-hydrogen) atoms. The fraction of sp³-hybridized carbons (Fsp3) is 0.571. The minimum Gasteiger partial charge on any atom is -0.480 e. The highest BCUT2D eigenvalue weighted by Crippen LogP contribution is 2.29. The van der Waals surface area contributed by atoms with Gasteiger partial charge in [0.25, 0.3) is 0 Å². The van der Waals surface area contributed by atoms with Crippen molar-refractivity contribution < 1.29 is 14.7 Å². The SMILES string of the molecule is CSCC[C@@H](NC(=O)N(Cc1cccs1)C1CC1)C(=O)O. The highest BCUT2D eigenvalue weighted by Gasteiger charge is 2.34. The third-order valence-corrected chi connectivity index (χ3v) is 4.87. The van der Waals surface area contributed by atoms with Gasteiger partial charge in [-0.05, 0) is 42.7 Å². The number of thiophene rings is 1. The van der Waals surface area contributed by atoms with E-state index in [-0.39, 0.29) is 12.1 Å². The summed E-state index contributed by atoms with van der Waals surface area (Å²) in [4.78, 5) is 26.5. The van der Waals surface area contributed by atoms with Gasteiger partial charge >= 0.3 is 12.0 Å². The predicted octanol–water partition coefficient (Wildman–Crippen LogP) is 2.63. The lowest BCUT2D eigenvalue weighted by Gasteiger charge is -2.24. The van der Waals surface area contributed by atoms with Crippen LogP contribution in [0.25, 0.3) is 0 Å². The van der Waals surface area contributed by atoms with E-state index < -0.39 is 12.0 Å². The molecule has 1 heterocycles. The van der Waals surface area contributed by atoms with Crippen molar-refractivity contribution in [3.8, 4) is 0 Å². The Hall–Kier alpha value is -1.21. The molecule has 5 nitrogen and oxygen atoms in total. The molecule has 0 unspecified atom stereocenters. The number of carboxylic acid groups (broad SMARTS) is 1. The van der Waals surface area contributed by atoms with Crippen molar-refractivity contribution >= 4 is 35.1 Å². The van der Waals surface area contributed by atoms with Gasteiger partial charge < -0.3 is 15.3 Å². The van der Waals surface area contributed by atoms with Gasteiger partial charge in [-0.2, -0.15) is 11.8 Å². The Bertz CT molecular complexity index is 475. The number of carbonyl (C=O) groups excluding carboxylic acids is 1. The first kappa shape index (κ1) is 16.2. The van der Waals surface area contributed by atoms with Gasteiger partial charge in [0.15, 0.2) is 0 Å². The van der Waals surface area contributed by atoms with Crippen molar-refractivity contribution in [2.75, 3.05) is 12.0 Å². The quantitative estimate of drug-likeness (QED) is 0.770. The van der Waals surface area contributed by atoms with Crippen molar-refractivity contribution in [2.45, 2.75) is 37.9 Å². The largest absolute Gasteiger partial charge is 0.480 e. The van der Waals surface area contributed by atoms with Crippen molar-refractivity contribution in [1.29, 1.82) is 0 Å². The van der Waals surface area contributed by atoms with Gasteiger partial charge in [0.1, 0.15) is 6.04 Å². The number of nitrogens with one attached hydrogen (secondary N) is 1. The fourth-order valence-corrected chi connectivity index (χ4v) is 3.22. The molecular weight excluding hydrogens is 308 g/mol. The summed E-state index contributed by atoms with van der Waals surface area (Å²) >= 11 is 3.19. The van der Waals surface area contributed by atoms with E-state index in [1.807, 2.05) is 23.8 Å². The van der Waals surface area contributed by atoms with Crippen LogP contribution in [0.2, 0.25) is 0 Å². The zero-order chi connectivity index (χ0) is 15.2. The molecular formula is C14H20N2O3S2. The fourth-order valence-electron chi connectivity index (χ4n) is 2.05. The molecule has 1 aromatic heterocycles. The maximum atomic E-state index is 12.4. The molecule has 2 N–H and O–H groups in total. The van der Waals surface area contributed by atoms with Crippen LogP contribution in [0.4, 0.5) is 4.79 Å². The van der Waals surface area contributed by atoms with Gasteiger partial charge in [-0.1, -0.05) is 6.07 Å². The van der Waals surface area contributed by atoms with Crippen LogP contribution in [0.1, 0.15) is 24.1 Å². The van der Waals surface area contributed by atoms with Crippen LogP contribution in [-0.4, -0.2) is 46.1 Å². The Morgan fingerprint density at radius 2 is 2.33 bits per heavy atom. The third-order valence-electron chi connectivity index (χ3n) is 3.36. The summed E-state index contributed by atoms with van der Waals surface area (Å²) in [5, 5.41) is 13.8. The number of carbonyl (C=O) groups is 2. The Morgan fingerprint density at radius 1 is 1.57 bits per heavy atom. The highest BCUT2D eigenvalue weighted by atomic mass is 32.2. The molecule has 2 amide bonds. The molecule has 1 fully saturated rings. The number of thioether (sulfide) groups is 1. The zero-order valence-corrected chi connectivity index (χ0v) is 13.6. The molecule has 0 radical (unpaired) electrons. The maximum Gasteiger partial charge on any atom is 0.326 e. The monoisotopic (exact) mass is 328 g/mol. The minimum atomic E-state index is -0.968. The van der Waals surface area contributed by atoms with Crippen LogP contribution in [0.5, 0.6) is 0 Å². The Labute approximate surface area is 132 Å².